The van der Waals surface area contributed by atoms with Crippen LogP contribution in [0.2, 0.25) is 0 Å². The van der Waals surface area contributed by atoms with Crippen molar-refractivity contribution < 1.29 is 14.4 Å². The molecule has 0 radical (unpaired) electrons. The maximum atomic E-state index is 12.6. The second-order valence-electron chi connectivity index (χ2n) is 7.94. The van der Waals surface area contributed by atoms with Gasteiger partial charge in [0.05, 0.1) is 10.8 Å². The molecule has 31 heavy (non-hydrogen) atoms. The molecule has 1 N–H and O–H groups in total. The molecule has 1 aromatic heterocycles. The van der Waals surface area contributed by atoms with Crippen LogP contribution in [0.15, 0.2) is 32.9 Å². The maximum absolute atomic E-state index is 12.6. The Balaban J connectivity index is 1.49. The average molecular weight is 495 g/mol. The van der Waals surface area contributed by atoms with Gasteiger partial charge in [0, 0.05) is 23.3 Å². The first kappa shape index (κ1) is 24.2. The minimum absolute atomic E-state index is 0.114. The number of rotatable bonds is 9. The van der Waals surface area contributed by atoms with E-state index in [0.717, 1.165) is 36.8 Å². The summed E-state index contributed by atoms with van der Waals surface area (Å²) in [5, 5.41) is 4.88. The summed E-state index contributed by atoms with van der Waals surface area (Å²) in [5.74, 6) is 0.207. The van der Waals surface area contributed by atoms with E-state index in [2.05, 4.69) is 5.32 Å². The summed E-state index contributed by atoms with van der Waals surface area (Å²) in [6.07, 6.45) is 7.18. The quantitative estimate of drug-likeness (QED) is 0.220. The number of nitrogens with one attached hydrogen (secondary N) is 1. The fourth-order valence-electron chi connectivity index (χ4n) is 3.49. The van der Waals surface area contributed by atoms with Gasteiger partial charge in [0.15, 0.2) is 0 Å². The zero-order valence-electron chi connectivity index (χ0n) is 17.6. The third-order valence-electron chi connectivity index (χ3n) is 5.26. The molecule has 0 saturated carbocycles. The predicted molar refractivity (Wildman–Crippen MR) is 135 cm³/mol. The molecule has 1 aliphatic carbocycles. The molecule has 0 bridgehead atoms. The number of carbonyl (C=O) groups is 3. The van der Waals surface area contributed by atoms with Gasteiger partial charge >= 0.3 is 0 Å². The smallest absolute Gasteiger partial charge is 0.266 e. The highest BCUT2D eigenvalue weighted by atomic mass is 32.2. The van der Waals surface area contributed by atoms with E-state index in [0.29, 0.717) is 15.1 Å². The molecule has 2 aliphatic rings. The van der Waals surface area contributed by atoms with Crippen LogP contribution in [-0.4, -0.2) is 39.7 Å². The highest BCUT2D eigenvalue weighted by molar-refractivity contribution is 8.26. The third-order valence-corrected chi connectivity index (χ3v) is 8.54. The van der Waals surface area contributed by atoms with Crippen LogP contribution in [0.4, 0.5) is 0 Å². The fraction of sp³-hybridized carbons (Fsp3) is 0.455. The molecule has 1 saturated heterocycles. The first-order valence-corrected chi connectivity index (χ1v) is 13.3. The maximum Gasteiger partial charge on any atom is 0.266 e. The Bertz CT molecular complexity index is 919. The van der Waals surface area contributed by atoms with Gasteiger partial charge in [0.2, 0.25) is 5.91 Å². The molecular formula is C22H26N2O3S4. The van der Waals surface area contributed by atoms with Crippen LogP contribution in [0.3, 0.4) is 0 Å². The van der Waals surface area contributed by atoms with Crippen molar-refractivity contribution in [3.8, 4) is 0 Å². The van der Waals surface area contributed by atoms with E-state index < -0.39 is 5.41 Å². The molecule has 0 spiro atoms. The second kappa shape index (κ2) is 10.9. The van der Waals surface area contributed by atoms with Gasteiger partial charge in [-0.3, -0.25) is 14.5 Å². The summed E-state index contributed by atoms with van der Waals surface area (Å²) in [4.78, 5) is 40.7. The number of nitrogens with zero attached hydrogens (tertiary/aromatic N) is 1. The monoisotopic (exact) mass is 494 g/mol. The molecule has 0 unspecified atom stereocenters. The van der Waals surface area contributed by atoms with Crippen LogP contribution < -0.4 is 5.32 Å². The number of amides is 2. The van der Waals surface area contributed by atoms with E-state index in [1.54, 1.807) is 23.1 Å². The summed E-state index contributed by atoms with van der Waals surface area (Å²) in [7, 11) is 0. The van der Waals surface area contributed by atoms with Crippen LogP contribution in [0.25, 0.3) is 6.08 Å². The summed E-state index contributed by atoms with van der Waals surface area (Å²) in [6, 6.07) is 3.89. The minimum atomic E-state index is -0.454. The summed E-state index contributed by atoms with van der Waals surface area (Å²) in [5.41, 5.74) is 0.744. The Kier molecular flexibility index (Phi) is 8.55. The number of hydrogen-bond donors (Lipinski definition) is 1. The van der Waals surface area contributed by atoms with Gasteiger partial charge in [-0.2, -0.15) is 0 Å². The zero-order valence-corrected chi connectivity index (χ0v) is 20.9. The Morgan fingerprint density at radius 1 is 1.35 bits per heavy atom. The van der Waals surface area contributed by atoms with Crippen molar-refractivity contribution in [1.29, 1.82) is 0 Å². The molecule has 1 aliphatic heterocycles. The number of hydrogen-bond acceptors (Lipinski definition) is 7. The lowest BCUT2D eigenvalue weighted by Gasteiger charge is -2.29. The van der Waals surface area contributed by atoms with Gasteiger partial charge in [-0.25, -0.2) is 0 Å². The molecular weight excluding hydrogens is 469 g/mol. The molecule has 166 valence electrons. The van der Waals surface area contributed by atoms with Crippen molar-refractivity contribution in [2.24, 2.45) is 5.41 Å². The Labute approximate surface area is 201 Å². The fourth-order valence-corrected chi connectivity index (χ4v) is 6.76. The van der Waals surface area contributed by atoms with Gasteiger partial charge in [-0.05, 0) is 67.5 Å². The van der Waals surface area contributed by atoms with Crippen molar-refractivity contribution in [2.75, 3.05) is 12.4 Å². The molecule has 1 aromatic rings. The predicted octanol–water partition coefficient (Wildman–Crippen LogP) is 5.20. The van der Waals surface area contributed by atoms with Crippen LogP contribution in [0.5, 0.6) is 0 Å². The molecule has 9 heteroatoms. The number of carbonyl (C=O) groups excluding carboxylic acids is 3. The number of allylic oxidation sites excluding steroid dienone is 2. The van der Waals surface area contributed by atoms with Crippen molar-refractivity contribution in [3.63, 3.8) is 0 Å². The van der Waals surface area contributed by atoms with Crippen LogP contribution in [0.1, 0.15) is 50.8 Å². The topological polar surface area (TPSA) is 66.5 Å². The van der Waals surface area contributed by atoms with E-state index in [1.165, 1.54) is 27.1 Å². The second-order valence-corrected chi connectivity index (χ2v) is 11.7. The van der Waals surface area contributed by atoms with Crippen molar-refractivity contribution in [2.45, 2.75) is 46.0 Å². The standard InChI is InChI=1S/C22H26N2O3S4/c1-22(2,13-25)16-7-3-4-8-17(16)30-14-23-19(26)9-10-24-20(27)18(31-21(24)28)12-15-6-5-11-29-15/h5-6,11-13H,3-4,7-10,14H2,1-2H3,(H,23,26)/b18-12+. The summed E-state index contributed by atoms with van der Waals surface area (Å²) in [6.45, 7) is 4.18. The zero-order chi connectivity index (χ0) is 22.4. The van der Waals surface area contributed by atoms with Gasteiger partial charge in [0.25, 0.3) is 5.91 Å². The van der Waals surface area contributed by atoms with Gasteiger partial charge in [-0.15, -0.1) is 23.1 Å². The highest BCUT2D eigenvalue weighted by Gasteiger charge is 2.32. The van der Waals surface area contributed by atoms with Crippen LogP contribution in [-0.2, 0) is 14.4 Å². The largest absolute Gasteiger partial charge is 0.347 e. The number of thiophene rings is 1. The highest BCUT2D eigenvalue weighted by Crippen LogP contribution is 2.41. The van der Waals surface area contributed by atoms with Crippen LogP contribution in [0, 0.1) is 5.41 Å². The van der Waals surface area contributed by atoms with E-state index in [1.807, 2.05) is 37.4 Å². The lowest BCUT2D eigenvalue weighted by atomic mass is 9.80. The number of aldehydes is 1. The number of thioether (sulfide) groups is 2. The van der Waals surface area contributed by atoms with Crippen LogP contribution >= 0.6 is 47.1 Å². The van der Waals surface area contributed by atoms with Crippen molar-refractivity contribution >= 4 is 75.6 Å². The van der Waals surface area contributed by atoms with E-state index in [9.17, 15) is 14.4 Å². The molecule has 3 rings (SSSR count). The van der Waals surface area contributed by atoms with Gasteiger partial charge in [0.1, 0.15) is 10.6 Å². The molecule has 0 aromatic carbocycles. The third kappa shape index (κ3) is 6.31. The Morgan fingerprint density at radius 3 is 2.84 bits per heavy atom. The lowest BCUT2D eigenvalue weighted by Crippen LogP contribution is -2.33. The summed E-state index contributed by atoms with van der Waals surface area (Å²) < 4.78 is 0.489. The van der Waals surface area contributed by atoms with E-state index in [4.69, 9.17) is 12.2 Å². The minimum Gasteiger partial charge on any atom is -0.347 e. The Morgan fingerprint density at radius 2 is 2.13 bits per heavy atom. The van der Waals surface area contributed by atoms with Gasteiger partial charge < -0.3 is 10.1 Å². The molecule has 0 atom stereocenters. The van der Waals surface area contributed by atoms with Crippen molar-refractivity contribution in [3.05, 3.63) is 37.8 Å². The average Bonchev–Trinajstić information content (AvgIpc) is 3.35. The first-order valence-electron chi connectivity index (χ1n) is 10.2. The first-order chi connectivity index (χ1) is 14.8. The molecule has 5 nitrogen and oxygen atoms in total. The SMILES string of the molecule is CC(C)(C=O)C1=C(SCNC(=O)CCN2C(=O)/C(=C\c3cccs3)SC2=S)CCCC1. The van der Waals surface area contributed by atoms with E-state index >= 15 is 0 Å². The number of thiocarbonyl (C=S) groups is 1. The normalized spacial score (nSPS) is 18.8. The molecule has 2 heterocycles. The Hall–Kier alpha value is -1.42. The summed E-state index contributed by atoms with van der Waals surface area (Å²) >= 11 is 9.78. The van der Waals surface area contributed by atoms with E-state index in [-0.39, 0.29) is 24.8 Å². The molecule has 1 fully saturated rings. The lowest BCUT2D eigenvalue weighted by molar-refractivity contribution is -0.123. The van der Waals surface area contributed by atoms with Gasteiger partial charge in [-0.1, -0.05) is 30.0 Å². The molecule has 2 amide bonds. The van der Waals surface area contributed by atoms with Crippen molar-refractivity contribution in [1.82, 2.24) is 10.2 Å².